The highest BCUT2D eigenvalue weighted by Gasteiger charge is 2.18. The first-order valence-electron chi connectivity index (χ1n) is 6.55. The standard InChI is InChI=1S/C16H11Cl2N3O.ClH/c17-10-21-15(9-19-20-21)13-7-6-12(18)8-14(13)16(22)11-4-2-1-3-5-11;/h1-9H,10H2;1H. The van der Waals surface area contributed by atoms with Crippen molar-refractivity contribution in [3.8, 4) is 11.3 Å². The van der Waals surface area contributed by atoms with Crippen LogP contribution in [0, 0.1) is 0 Å². The third-order valence-electron chi connectivity index (χ3n) is 3.27. The van der Waals surface area contributed by atoms with Gasteiger partial charge in [-0.2, -0.15) is 0 Å². The third kappa shape index (κ3) is 3.55. The van der Waals surface area contributed by atoms with Gasteiger partial charge >= 0.3 is 0 Å². The number of alkyl halides is 1. The summed E-state index contributed by atoms with van der Waals surface area (Å²) in [7, 11) is 0. The van der Waals surface area contributed by atoms with Crippen LogP contribution >= 0.6 is 35.6 Å². The zero-order chi connectivity index (χ0) is 15.5. The Bertz CT molecular complexity index is 818. The largest absolute Gasteiger partial charge is 0.289 e. The number of halogens is 3. The summed E-state index contributed by atoms with van der Waals surface area (Å²) in [5, 5.41) is 8.24. The van der Waals surface area contributed by atoms with E-state index in [9.17, 15) is 4.79 Å². The molecule has 2 aromatic carbocycles. The van der Waals surface area contributed by atoms with Gasteiger partial charge in [-0.05, 0) is 12.1 Å². The van der Waals surface area contributed by atoms with Crippen LogP contribution in [-0.2, 0) is 6.00 Å². The molecule has 1 aromatic heterocycles. The molecule has 3 rings (SSSR count). The van der Waals surface area contributed by atoms with E-state index >= 15 is 0 Å². The first-order valence-corrected chi connectivity index (χ1v) is 7.46. The summed E-state index contributed by atoms with van der Waals surface area (Å²) in [5.41, 5.74) is 2.46. The molecule has 0 aliphatic rings. The molecule has 0 aliphatic heterocycles. The topological polar surface area (TPSA) is 47.8 Å². The quantitative estimate of drug-likeness (QED) is 0.505. The fourth-order valence-corrected chi connectivity index (χ4v) is 2.58. The second-order valence-electron chi connectivity index (χ2n) is 4.62. The Balaban J connectivity index is 0.00000192. The van der Waals surface area contributed by atoms with Crippen molar-refractivity contribution in [1.29, 1.82) is 0 Å². The van der Waals surface area contributed by atoms with Gasteiger partial charge < -0.3 is 0 Å². The van der Waals surface area contributed by atoms with Gasteiger partial charge in [0.25, 0.3) is 0 Å². The summed E-state index contributed by atoms with van der Waals surface area (Å²) in [6.07, 6.45) is 1.58. The molecular formula is C16H12Cl3N3O. The Kier molecular flexibility index (Phi) is 5.77. The van der Waals surface area contributed by atoms with Gasteiger partial charge in [0, 0.05) is 21.7 Å². The Morgan fingerprint density at radius 1 is 1.13 bits per heavy atom. The zero-order valence-electron chi connectivity index (χ0n) is 11.8. The lowest BCUT2D eigenvalue weighted by Gasteiger charge is -2.10. The monoisotopic (exact) mass is 367 g/mol. The number of hydrogen-bond donors (Lipinski definition) is 0. The second-order valence-corrected chi connectivity index (χ2v) is 5.30. The summed E-state index contributed by atoms with van der Waals surface area (Å²) in [5.74, 6) is -0.111. The Labute approximate surface area is 149 Å². The van der Waals surface area contributed by atoms with Crippen molar-refractivity contribution in [3.63, 3.8) is 0 Å². The van der Waals surface area contributed by atoms with Gasteiger partial charge in [0.05, 0.1) is 11.9 Å². The highest BCUT2D eigenvalue weighted by atomic mass is 35.5. The van der Waals surface area contributed by atoms with Gasteiger partial charge in [0.2, 0.25) is 0 Å². The van der Waals surface area contributed by atoms with Crippen molar-refractivity contribution in [2.24, 2.45) is 0 Å². The number of rotatable bonds is 4. The molecule has 0 saturated carbocycles. The molecule has 0 atom stereocenters. The number of ketones is 1. The lowest BCUT2D eigenvalue weighted by molar-refractivity contribution is 0.103. The van der Waals surface area contributed by atoms with Crippen LogP contribution in [0.2, 0.25) is 5.02 Å². The highest BCUT2D eigenvalue weighted by Crippen LogP contribution is 2.28. The third-order valence-corrected chi connectivity index (χ3v) is 3.73. The van der Waals surface area contributed by atoms with Crippen molar-refractivity contribution >= 4 is 41.4 Å². The SMILES string of the molecule is Cl.O=C(c1ccccc1)c1cc(Cl)ccc1-c1cnnn1CCl. The summed E-state index contributed by atoms with van der Waals surface area (Å²) >= 11 is 11.9. The molecule has 4 nitrogen and oxygen atoms in total. The molecule has 7 heteroatoms. The zero-order valence-corrected chi connectivity index (χ0v) is 14.1. The number of hydrogen-bond acceptors (Lipinski definition) is 3. The average Bonchev–Trinajstić information content (AvgIpc) is 3.03. The predicted octanol–water partition coefficient (Wildman–Crippen LogP) is 4.45. The average molecular weight is 369 g/mol. The van der Waals surface area contributed by atoms with E-state index in [2.05, 4.69) is 10.3 Å². The van der Waals surface area contributed by atoms with Crippen LogP contribution in [0.5, 0.6) is 0 Å². The van der Waals surface area contributed by atoms with Crippen molar-refractivity contribution in [3.05, 3.63) is 70.9 Å². The first-order chi connectivity index (χ1) is 10.7. The maximum absolute atomic E-state index is 12.8. The Morgan fingerprint density at radius 2 is 1.87 bits per heavy atom. The number of benzene rings is 2. The molecular weight excluding hydrogens is 357 g/mol. The maximum Gasteiger partial charge on any atom is 0.193 e. The lowest BCUT2D eigenvalue weighted by Crippen LogP contribution is -2.06. The summed E-state index contributed by atoms with van der Waals surface area (Å²) in [6, 6.07) is 14.3. The molecule has 0 fully saturated rings. The fourth-order valence-electron chi connectivity index (χ4n) is 2.23. The molecule has 23 heavy (non-hydrogen) atoms. The minimum absolute atomic E-state index is 0. The van der Waals surface area contributed by atoms with Gasteiger partial charge in [-0.25, -0.2) is 4.68 Å². The normalized spacial score (nSPS) is 10.2. The van der Waals surface area contributed by atoms with Gasteiger partial charge in [-0.3, -0.25) is 4.79 Å². The molecule has 0 bridgehead atoms. The summed E-state index contributed by atoms with van der Waals surface area (Å²) in [6.45, 7) is 0. The highest BCUT2D eigenvalue weighted by molar-refractivity contribution is 6.31. The maximum atomic E-state index is 12.8. The van der Waals surface area contributed by atoms with Crippen LogP contribution in [-0.4, -0.2) is 20.8 Å². The van der Waals surface area contributed by atoms with Crippen molar-refractivity contribution in [2.45, 2.75) is 6.00 Å². The van der Waals surface area contributed by atoms with Gasteiger partial charge in [0.15, 0.2) is 5.78 Å². The van der Waals surface area contributed by atoms with E-state index in [-0.39, 0.29) is 24.2 Å². The van der Waals surface area contributed by atoms with Crippen LogP contribution in [0.4, 0.5) is 0 Å². The van der Waals surface area contributed by atoms with Gasteiger partial charge in [-0.1, -0.05) is 53.2 Å². The molecule has 0 amide bonds. The molecule has 0 spiro atoms. The van der Waals surface area contributed by atoms with E-state index in [0.29, 0.717) is 27.4 Å². The van der Waals surface area contributed by atoms with E-state index in [1.54, 1.807) is 36.5 Å². The molecule has 0 unspecified atom stereocenters. The molecule has 1 heterocycles. The summed E-state index contributed by atoms with van der Waals surface area (Å²) < 4.78 is 1.52. The second kappa shape index (κ2) is 7.59. The number of carbonyl (C=O) groups is 1. The van der Waals surface area contributed by atoms with E-state index in [0.717, 1.165) is 0 Å². The van der Waals surface area contributed by atoms with Crippen molar-refractivity contribution < 1.29 is 4.79 Å². The van der Waals surface area contributed by atoms with Crippen LogP contribution in [0.1, 0.15) is 15.9 Å². The summed E-state index contributed by atoms with van der Waals surface area (Å²) in [4.78, 5) is 12.8. The van der Waals surface area contributed by atoms with E-state index in [1.807, 2.05) is 18.2 Å². The van der Waals surface area contributed by atoms with Crippen molar-refractivity contribution in [1.82, 2.24) is 15.0 Å². The Morgan fingerprint density at radius 3 is 2.57 bits per heavy atom. The fraction of sp³-hybridized carbons (Fsp3) is 0.0625. The van der Waals surface area contributed by atoms with Crippen LogP contribution < -0.4 is 0 Å². The molecule has 3 aromatic rings. The molecule has 0 aliphatic carbocycles. The minimum atomic E-state index is -0.111. The number of carbonyl (C=O) groups excluding carboxylic acids is 1. The molecule has 0 radical (unpaired) electrons. The van der Waals surface area contributed by atoms with Crippen LogP contribution in [0.3, 0.4) is 0 Å². The first kappa shape index (κ1) is 17.5. The van der Waals surface area contributed by atoms with E-state index in [1.165, 1.54) is 4.68 Å². The van der Waals surface area contributed by atoms with Gasteiger partial charge in [0.1, 0.15) is 6.00 Å². The smallest absolute Gasteiger partial charge is 0.193 e. The van der Waals surface area contributed by atoms with Crippen LogP contribution in [0.15, 0.2) is 54.7 Å². The predicted molar refractivity (Wildman–Crippen MR) is 93.4 cm³/mol. The minimum Gasteiger partial charge on any atom is -0.289 e. The van der Waals surface area contributed by atoms with Crippen LogP contribution in [0.25, 0.3) is 11.3 Å². The Hall–Kier alpha value is -1.88. The van der Waals surface area contributed by atoms with Gasteiger partial charge in [-0.15, -0.1) is 29.1 Å². The van der Waals surface area contributed by atoms with Crippen molar-refractivity contribution in [2.75, 3.05) is 0 Å². The molecule has 118 valence electrons. The van der Waals surface area contributed by atoms with E-state index in [4.69, 9.17) is 23.2 Å². The molecule has 0 N–H and O–H groups in total. The number of aromatic nitrogens is 3. The lowest BCUT2D eigenvalue weighted by atomic mass is 9.97. The molecule has 0 saturated heterocycles. The number of nitrogens with zero attached hydrogens (tertiary/aromatic N) is 3. The van der Waals surface area contributed by atoms with E-state index < -0.39 is 0 Å².